The smallest absolute Gasteiger partial charge is 0.311 e. The number of hydrogen-bond acceptors (Lipinski definition) is 3. The lowest BCUT2D eigenvalue weighted by Gasteiger charge is -2.28. The third-order valence-electron chi connectivity index (χ3n) is 4.21. The van der Waals surface area contributed by atoms with E-state index in [4.69, 9.17) is 10.5 Å². The van der Waals surface area contributed by atoms with E-state index in [1.807, 2.05) is 20.8 Å². The van der Waals surface area contributed by atoms with Crippen LogP contribution >= 0.6 is 0 Å². The minimum absolute atomic E-state index is 0. The van der Waals surface area contributed by atoms with Gasteiger partial charge in [0.25, 0.3) is 0 Å². The number of esters is 1. The van der Waals surface area contributed by atoms with E-state index in [1.54, 1.807) is 0 Å². The molecule has 0 heterocycles. The molecule has 22 heavy (non-hydrogen) atoms. The molecule has 0 bridgehead atoms. The molecule has 0 radical (unpaired) electrons. The molecule has 132 valence electrons. The van der Waals surface area contributed by atoms with E-state index in [0.29, 0.717) is 32.3 Å². The Balaban J connectivity index is 0. The predicted octanol–water partition coefficient (Wildman–Crippen LogP) is -1.05. The maximum Gasteiger partial charge on any atom is 0.311 e. The summed E-state index contributed by atoms with van der Waals surface area (Å²) in [4.78, 5) is 23.6. The zero-order valence-corrected chi connectivity index (χ0v) is 15.7. The van der Waals surface area contributed by atoms with Crippen LogP contribution in [0.25, 0.3) is 0 Å². The molecule has 0 aliphatic carbocycles. The van der Waals surface area contributed by atoms with Gasteiger partial charge in [0.05, 0.1) is 26.6 Å². The SMILES string of the molecule is CCC(CCC(C)(CC)C(=O)OCC[N+](C)(C)C)C(N)=O.[Cl-]. The number of halogens is 1. The minimum atomic E-state index is -0.534. The summed E-state index contributed by atoms with van der Waals surface area (Å²) >= 11 is 0. The van der Waals surface area contributed by atoms with Crippen molar-refractivity contribution in [3.63, 3.8) is 0 Å². The number of amides is 1. The van der Waals surface area contributed by atoms with Crippen molar-refractivity contribution in [2.75, 3.05) is 34.3 Å². The second-order valence-electron chi connectivity index (χ2n) is 7.11. The van der Waals surface area contributed by atoms with Gasteiger partial charge in [0.1, 0.15) is 13.2 Å². The Hall–Kier alpha value is -0.810. The number of hydrogen-bond donors (Lipinski definition) is 1. The van der Waals surface area contributed by atoms with Gasteiger partial charge < -0.3 is 27.4 Å². The average Bonchev–Trinajstić information content (AvgIpc) is 2.37. The van der Waals surface area contributed by atoms with Crippen molar-refractivity contribution >= 4 is 11.9 Å². The summed E-state index contributed by atoms with van der Waals surface area (Å²) in [6.45, 7) is 7.04. The highest BCUT2D eigenvalue weighted by Gasteiger charge is 2.34. The summed E-state index contributed by atoms with van der Waals surface area (Å²) in [6, 6.07) is 0. The fraction of sp³-hybridized carbons (Fsp3) is 0.875. The zero-order valence-electron chi connectivity index (χ0n) is 14.9. The van der Waals surface area contributed by atoms with Crippen LogP contribution in [0.2, 0.25) is 0 Å². The van der Waals surface area contributed by atoms with Crippen molar-refractivity contribution in [2.24, 2.45) is 17.1 Å². The fourth-order valence-electron chi connectivity index (χ4n) is 2.05. The Labute approximate surface area is 141 Å². The molecule has 0 aromatic heterocycles. The minimum Gasteiger partial charge on any atom is -1.00 e. The highest BCUT2D eigenvalue weighted by Crippen LogP contribution is 2.31. The van der Waals surface area contributed by atoms with Gasteiger partial charge in [0.2, 0.25) is 5.91 Å². The van der Waals surface area contributed by atoms with Gasteiger partial charge >= 0.3 is 5.97 Å². The van der Waals surface area contributed by atoms with Gasteiger partial charge in [-0.05, 0) is 32.6 Å². The molecule has 2 atom stereocenters. The van der Waals surface area contributed by atoms with E-state index in [0.717, 1.165) is 11.0 Å². The molecule has 0 rings (SSSR count). The third kappa shape index (κ3) is 8.59. The molecule has 2 N–H and O–H groups in total. The standard InChI is InChI=1S/C16H32N2O3.ClH/c1-7-13(14(17)19)9-10-16(3,8-2)15(20)21-12-11-18(4,5)6;/h13H,7-12H2,1-6H3,(H-,17,19);1H. The number of primary amides is 1. The monoisotopic (exact) mass is 336 g/mol. The highest BCUT2D eigenvalue weighted by atomic mass is 35.5. The van der Waals surface area contributed by atoms with E-state index in [2.05, 4.69) is 21.1 Å². The van der Waals surface area contributed by atoms with Crippen LogP contribution in [0.4, 0.5) is 0 Å². The molecule has 0 aliphatic rings. The lowest BCUT2D eigenvalue weighted by Crippen LogP contribution is -3.00. The van der Waals surface area contributed by atoms with Crippen molar-refractivity contribution < 1.29 is 31.2 Å². The second-order valence-corrected chi connectivity index (χ2v) is 7.11. The molecule has 0 aromatic carbocycles. The first-order chi connectivity index (χ1) is 9.55. The summed E-state index contributed by atoms with van der Waals surface area (Å²) in [5.74, 6) is -0.609. The number of nitrogens with zero attached hydrogens (tertiary/aromatic N) is 1. The normalized spacial score (nSPS) is 15.4. The molecule has 0 aliphatic heterocycles. The average molecular weight is 337 g/mol. The molecule has 0 saturated carbocycles. The summed E-state index contributed by atoms with van der Waals surface area (Å²) in [7, 11) is 6.18. The summed E-state index contributed by atoms with van der Waals surface area (Å²) in [5.41, 5.74) is 4.83. The Kier molecular flexibility index (Phi) is 10.7. The first kappa shape index (κ1) is 23.5. The number of rotatable bonds is 10. The largest absolute Gasteiger partial charge is 1.00 e. The lowest BCUT2D eigenvalue weighted by molar-refractivity contribution is -0.870. The lowest BCUT2D eigenvalue weighted by atomic mass is 9.80. The van der Waals surface area contributed by atoms with E-state index in [-0.39, 0.29) is 30.2 Å². The number of quaternary nitrogens is 1. The van der Waals surface area contributed by atoms with Gasteiger partial charge in [-0.1, -0.05) is 13.8 Å². The third-order valence-corrected chi connectivity index (χ3v) is 4.21. The number of carbonyl (C=O) groups excluding carboxylic acids is 2. The van der Waals surface area contributed by atoms with Gasteiger partial charge in [0, 0.05) is 5.92 Å². The first-order valence-corrected chi connectivity index (χ1v) is 7.82. The molecule has 0 saturated heterocycles. The first-order valence-electron chi connectivity index (χ1n) is 7.82. The Bertz CT molecular complexity index is 356. The van der Waals surface area contributed by atoms with Crippen molar-refractivity contribution in [1.82, 2.24) is 0 Å². The maximum atomic E-state index is 12.3. The molecule has 1 amide bonds. The van der Waals surface area contributed by atoms with E-state index >= 15 is 0 Å². The quantitative estimate of drug-likeness (QED) is 0.409. The molecular weight excluding hydrogens is 304 g/mol. The van der Waals surface area contributed by atoms with Crippen molar-refractivity contribution in [3.8, 4) is 0 Å². The number of ether oxygens (including phenoxy) is 1. The van der Waals surface area contributed by atoms with Crippen LogP contribution in [0.5, 0.6) is 0 Å². The van der Waals surface area contributed by atoms with Gasteiger partial charge in [-0.2, -0.15) is 0 Å². The van der Waals surface area contributed by atoms with Crippen LogP contribution in [-0.2, 0) is 14.3 Å². The van der Waals surface area contributed by atoms with Crippen LogP contribution in [-0.4, -0.2) is 50.7 Å². The molecule has 5 nitrogen and oxygen atoms in total. The Morgan fingerprint density at radius 1 is 1.23 bits per heavy atom. The maximum absolute atomic E-state index is 12.3. The van der Waals surface area contributed by atoms with Crippen molar-refractivity contribution in [3.05, 3.63) is 0 Å². The summed E-state index contributed by atoms with van der Waals surface area (Å²) < 4.78 is 6.19. The van der Waals surface area contributed by atoms with Gasteiger partial charge in [-0.15, -0.1) is 0 Å². The van der Waals surface area contributed by atoms with Crippen molar-refractivity contribution in [1.29, 1.82) is 0 Å². The Morgan fingerprint density at radius 3 is 2.14 bits per heavy atom. The predicted molar refractivity (Wildman–Crippen MR) is 84.5 cm³/mol. The van der Waals surface area contributed by atoms with E-state index in [1.165, 1.54) is 0 Å². The molecule has 2 unspecified atom stereocenters. The Morgan fingerprint density at radius 2 is 1.77 bits per heavy atom. The van der Waals surface area contributed by atoms with Crippen LogP contribution in [0.1, 0.15) is 46.5 Å². The van der Waals surface area contributed by atoms with Gasteiger partial charge in [-0.3, -0.25) is 9.59 Å². The molecular formula is C16H33ClN2O3. The number of carbonyl (C=O) groups is 2. The molecule has 6 heteroatoms. The van der Waals surface area contributed by atoms with Crippen LogP contribution in [0, 0.1) is 11.3 Å². The van der Waals surface area contributed by atoms with Gasteiger partial charge in [-0.25, -0.2) is 0 Å². The van der Waals surface area contributed by atoms with Crippen LogP contribution in [0.3, 0.4) is 0 Å². The van der Waals surface area contributed by atoms with E-state index < -0.39 is 5.41 Å². The zero-order chi connectivity index (χ0) is 16.7. The fourth-order valence-corrected chi connectivity index (χ4v) is 2.05. The van der Waals surface area contributed by atoms with E-state index in [9.17, 15) is 9.59 Å². The van der Waals surface area contributed by atoms with Crippen LogP contribution < -0.4 is 18.1 Å². The highest BCUT2D eigenvalue weighted by molar-refractivity contribution is 5.78. The van der Waals surface area contributed by atoms with Crippen LogP contribution in [0.15, 0.2) is 0 Å². The topological polar surface area (TPSA) is 69.4 Å². The van der Waals surface area contributed by atoms with Crippen molar-refractivity contribution in [2.45, 2.75) is 46.5 Å². The second kappa shape index (κ2) is 10.1. The molecule has 0 fully saturated rings. The van der Waals surface area contributed by atoms with Gasteiger partial charge in [0.15, 0.2) is 0 Å². The molecule has 0 aromatic rings. The number of nitrogens with two attached hydrogens (primary N) is 1. The number of likely N-dealkylation sites (N-methyl/N-ethyl adjacent to an activating group) is 1. The summed E-state index contributed by atoms with van der Waals surface area (Å²) in [5, 5.41) is 0. The molecule has 0 spiro atoms. The summed E-state index contributed by atoms with van der Waals surface area (Å²) in [6.07, 6.45) is 2.69.